The monoisotopic (exact) mass is 381 g/mol. The summed E-state index contributed by atoms with van der Waals surface area (Å²) in [4.78, 5) is 41.0. The molecule has 0 atom stereocenters. The van der Waals surface area contributed by atoms with Crippen molar-refractivity contribution in [2.75, 3.05) is 31.1 Å². The van der Waals surface area contributed by atoms with Crippen LogP contribution in [-0.4, -0.2) is 48.8 Å². The SMILES string of the molecule is O=C(NCCN1CCCC1)c1ccc2c(c1)C(=O)N(c1cccc(F)c1)C2=O. The molecule has 6 nitrogen and oxygen atoms in total. The first-order valence-electron chi connectivity index (χ1n) is 9.33. The zero-order valence-electron chi connectivity index (χ0n) is 15.3. The molecule has 0 radical (unpaired) electrons. The van der Waals surface area contributed by atoms with E-state index in [0.29, 0.717) is 12.1 Å². The van der Waals surface area contributed by atoms with Crippen molar-refractivity contribution < 1.29 is 18.8 Å². The highest BCUT2D eigenvalue weighted by molar-refractivity contribution is 6.34. The molecule has 2 aliphatic rings. The maximum atomic E-state index is 13.5. The van der Waals surface area contributed by atoms with Gasteiger partial charge in [-0.05, 0) is 62.3 Å². The fourth-order valence-electron chi connectivity index (χ4n) is 3.67. The van der Waals surface area contributed by atoms with Gasteiger partial charge in [0.15, 0.2) is 0 Å². The smallest absolute Gasteiger partial charge is 0.266 e. The van der Waals surface area contributed by atoms with E-state index < -0.39 is 17.6 Å². The second-order valence-electron chi connectivity index (χ2n) is 6.99. The number of benzene rings is 2. The van der Waals surface area contributed by atoms with E-state index in [9.17, 15) is 18.8 Å². The van der Waals surface area contributed by atoms with Crippen LogP contribution in [0.25, 0.3) is 0 Å². The van der Waals surface area contributed by atoms with E-state index in [2.05, 4.69) is 10.2 Å². The summed E-state index contributed by atoms with van der Waals surface area (Å²) in [5, 5.41) is 2.85. The van der Waals surface area contributed by atoms with E-state index in [1.165, 1.54) is 49.2 Å². The topological polar surface area (TPSA) is 69.7 Å². The number of amides is 3. The van der Waals surface area contributed by atoms with Crippen molar-refractivity contribution in [2.24, 2.45) is 0 Å². The number of imide groups is 1. The van der Waals surface area contributed by atoms with Gasteiger partial charge in [0.05, 0.1) is 16.8 Å². The lowest BCUT2D eigenvalue weighted by Crippen LogP contribution is -2.33. The summed E-state index contributed by atoms with van der Waals surface area (Å²) >= 11 is 0. The Morgan fingerprint density at radius 3 is 2.50 bits per heavy atom. The van der Waals surface area contributed by atoms with Crippen molar-refractivity contribution in [1.29, 1.82) is 0 Å². The molecule has 2 aromatic carbocycles. The molecule has 1 N–H and O–H groups in total. The lowest BCUT2D eigenvalue weighted by Gasteiger charge is -2.14. The highest BCUT2D eigenvalue weighted by atomic mass is 19.1. The summed E-state index contributed by atoms with van der Waals surface area (Å²) in [6.45, 7) is 3.43. The van der Waals surface area contributed by atoms with Gasteiger partial charge in [-0.3, -0.25) is 14.4 Å². The Kier molecular flexibility index (Phi) is 4.92. The van der Waals surface area contributed by atoms with E-state index in [4.69, 9.17) is 0 Å². The molecule has 0 spiro atoms. The highest BCUT2D eigenvalue weighted by Crippen LogP contribution is 2.29. The van der Waals surface area contributed by atoms with E-state index in [1.807, 2.05) is 0 Å². The minimum atomic E-state index is -0.558. The van der Waals surface area contributed by atoms with Crippen LogP contribution in [0.5, 0.6) is 0 Å². The first kappa shape index (κ1) is 18.3. The van der Waals surface area contributed by atoms with Gasteiger partial charge in [-0.1, -0.05) is 6.07 Å². The number of hydrogen-bond acceptors (Lipinski definition) is 4. The van der Waals surface area contributed by atoms with Gasteiger partial charge in [0.1, 0.15) is 5.82 Å². The number of rotatable bonds is 5. The van der Waals surface area contributed by atoms with E-state index in [-0.39, 0.29) is 22.7 Å². The molecular formula is C21H20FN3O3. The summed E-state index contributed by atoms with van der Waals surface area (Å²) in [6, 6.07) is 9.75. The lowest BCUT2D eigenvalue weighted by molar-refractivity contribution is 0.0923. The summed E-state index contributed by atoms with van der Waals surface area (Å²) in [5.74, 6) is -1.90. The predicted molar refractivity (Wildman–Crippen MR) is 102 cm³/mol. The molecule has 0 unspecified atom stereocenters. The third-order valence-electron chi connectivity index (χ3n) is 5.13. The van der Waals surface area contributed by atoms with Gasteiger partial charge < -0.3 is 10.2 Å². The average Bonchev–Trinajstić information content (AvgIpc) is 3.28. The zero-order chi connectivity index (χ0) is 19.7. The summed E-state index contributed by atoms with van der Waals surface area (Å²) in [7, 11) is 0. The van der Waals surface area contributed by atoms with Crippen molar-refractivity contribution >= 4 is 23.4 Å². The minimum Gasteiger partial charge on any atom is -0.351 e. The number of nitrogens with one attached hydrogen (secondary N) is 1. The molecule has 2 heterocycles. The van der Waals surface area contributed by atoms with Gasteiger partial charge in [-0.15, -0.1) is 0 Å². The number of likely N-dealkylation sites (tertiary alicyclic amines) is 1. The maximum Gasteiger partial charge on any atom is 0.266 e. The molecule has 1 saturated heterocycles. The van der Waals surface area contributed by atoms with Crippen LogP contribution in [0.2, 0.25) is 0 Å². The van der Waals surface area contributed by atoms with Crippen LogP contribution in [0.4, 0.5) is 10.1 Å². The standard InChI is InChI=1S/C21H20FN3O3/c22-15-4-3-5-16(13-15)25-20(27)17-7-6-14(12-18(17)21(25)28)19(26)23-8-11-24-9-1-2-10-24/h3-7,12-13H,1-2,8-11H2,(H,23,26). The summed E-state index contributed by atoms with van der Waals surface area (Å²) in [6.07, 6.45) is 2.38. The van der Waals surface area contributed by atoms with Crippen molar-refractivity contribution in [3.05, 3.63) is 65.0 Å². The Morgan fingerprint density at radius 2 is 1.75 bits per heavy atom. The predicted octanol–water partition coefficient (Wildman–Crippen LogP) is 2.45. The number of carbonyl (C=O) groups excluding carboxylic acids is 3. The Labute approximate surface area is 161 Å². The van der Waals surface area contributed by atoms with Gasteiger partial charge >= 0.3 is 0 Å². The van der Waals surface area contributed by atoms with Gasteiger partial charge in [0, 0.05) is 18.7 Å². The Balaban J connectivity index is 1.49. The quantitative estimate of drug-likeness (QED) is 0.808. The highest BCUT2D eigenvalue weighted by Gasteiger charge is 2.37. The van der Waals surface area contributed by atoms with Gasteiger partial charge in [-0.25, -0.2) is 9.29 Å². The van der Waals surface area contributed by atoms with Crippen molar-refractivity contribution in [3.8, 4) is 0 Å². The van der Waals surface area contributed by atoms with Gasteiger partial charge in [0.25, 0.3) is 17.7 Å². The van der Waals surface area contributed by atoms with E-state index in [1.54, 1.807) is 0 Å². The molecule has 144 valence electrons. The Hall–Kier alpha value is -3.06. The van der Waals surface area contributed by atoms with Crippen LogP contribution < -0.4 is 10.2 Å². The molecular weight excluding hydrogens is 361 g/mol. The summed E-state index contributed by atoms with van der Waals surface area (Å²) < 4.78 is 13.5. The molecule has 3 amide bonds. The number of nitrogens with zero attached hydrogens (tertiary/aromatic N) is 2. The van der Waals surface area contributed by atoms with Crippen molar-refractivity contribution in [3.63, 3.8) is 0 Å². The Morgan fingerprint density at radius 1 is 1.00 bits per heavy atom. The molecule has 2 aliphatic heterocycles. The fraction of sp³-hybridized carbons (Fsp3) is 0.286. The average molecular weight is 381 g/mol. The van der Waals surface area contributed by atoms with Gasteiger partial charge in [0.2, 0.25) is 0 Å². The van der Waals surface area contributed by atoms with Crippen LogP contribution >= 0.6 is 0 Å². The lowest BCUT2D eigenvalue weighted by atomic mass is 10.1. The minimum absolute atomic E-state index is 0.154. The molecule has 0 bridgehead atoms. The molecule has 1 fully saturated rings. The van der Waals surface area contributed by atoms with Crippen LogP contribution in [-0.2, 0) is 0 Å². The molecule has 0 saturated carbocycles. The van der Waals surface area contributed by atoms with Crippen LogP contribution in [0.3, 0.4) is 0 Å². The largest absolute Gasteiger partial charge is 0.351 e. The first-order chi connectivity index (χ1) is 13.5. The molecule has 4 rings (SSSR count). The normalized spacial score (nSPS) is 16.5. The maximum absolute atomic E-state index is 13.5. The molecule has 0 aliphatic carbocycles. The first-order valence-corrected chi connectivity index (χ1v) is 9.33. The summed E-state index contributed by atoms with van der Waals surface area (Å²) in [5.41, 5.74) is 0.856. The zero-order valence-corrected chi connectivity index (χ0v) is 15.3. The van der Waals surface area contributed by atoms with Crippen molar-refractivity contribution in [2.45, 2.75) is 12.8 Å². The molecule has 28 heavy (non-hydrogen) atoms. The molecule has 2 aromatic rings. The van der Waals surface area contributed by atoms with Gasteiger partial charge in [-0.2, -0.15) is 0 Å². The molecule has 7 heteroatoms. The van der Waals surface area contributed by atoms with Crippen molar-refractivity contribution in [1.82, 2.24) is 10.2 Å². The number of fused-ring (bicyclic) bond motifs is 1. The third-order valence-corrected chi connectivity index (χ3v) is 5.13. The van der Waals surface area contributed by atoms with Crippen LogP contribution in [0, 0.1) is 5.82 Å². The Bertz CT molecular complexity index is 954. The number of halogens is 1. The van der Waals surface area contributed by atoms with Crippen LogP contribution in [0.15, 0.2) is 42.5 Å². The van der Waals surface area contributed by atoms with E-state index in [0.717, 1.165) is 30.6 Å². The third kappa shape index (κ3) is 3.41. The number of carbonyl (C=O) groups is 3. The second kappa shape index (κ2) is 7.52. The van der Waals surface area contributed by atoms with E-state index >= 15 is 0 Å². The molecule has 0 aromatic heterocycles. The fourth-order valence-corrected chi connectivity index (χ4v) is 3.67. The number of hydrogen-bond donors (Lipinski definition) is 1. The number of anilines is 1. The second-order valence-corrected chi connectivity index (χ2v) is 6.99. The van der Waals surface area contributed by atoms with Crippen LogP contribution in [0.1, 0.15) is 43.9 Å².